The van der Waals surface area contributed by atoms with E-state index < -0.39 is 47.5 Å². The molecule has 1 aliphatic rings. The molecule has 44 heavy (non-hydrogen) atoms. The summed E-state index contributed by atoms with van der Waals surface area (Å²) >= 11 is 5.96. The average Bonchev–Trinajstić information content (AvgIpc) is 3.23. The third-order valence-electron chi connectivity index (χ3n) is 6.85. The van der Waals surface area contributed by atoms with Crippen molar-refractivity contribution in [2.75, 3.05) is 25.5 Å². The number of pyridine rings is 1. The molecular weight excluding hydrogens is 610 g/mol. The van der Waals surface area contributed by atoms with Gasteiger partial charge in [-0.3, -0.25) is 19.8 Å². The number of alkyl halides is 3. The van der Waals surface area contributed by atoms with E-state index >= 15 is 0 Å². The number of rotatable bonds is 10. The van der Waals surface area contributed by atoms with Crippen LogP contribution in [0, 0.1) is 5.82 Å². The van der Waals surface area contributed by atoms with Crippen LogP contribution in [-0.4, -0.2) is 65.0 Å². The van der Waals surface area contributed by atoms with Gasteiger partial charge in [0.15, 0.2) is 0 Å². The lowest BCUT2D eigenvalue weighted by atomic mass is 10.1. The van der Waals surface area contributed by atoms with Crippen molar-refractivity contribution in [3.05, 3.63) is 93.9 Å². The van der Waals surface area contributed by atoms with Crippen molar-refractivity contribution in [1.29, 1.82) is 0 Å². The van der Waals surface area contributed by atoms with E-state index in [2.05, 4.69) is 15.6 Å². The topological polar surface area (TPSA) is 121 Å². The second-order valence-corrected chi connectivity index (χ2v) is 10.1. The molecule has 1 atom stereocenters. The van der Waals surface area contributed by atoms with E-state index in [1.165, 1.54) is 30.1 Å². The van der Waals surface area contributed by atoms with Crippen LogP contribution in [0.2, 0.25) is 5.02 Å². The summed E-state index contributed by atoms with van der Waals surface area (Å²) < 4.78 is 57.4. The summed E-state index contributed by atoms with van der Waals surface area (Å²) in [6, 6.07) is 10.9. The van der Waals surface area contributed by atoms with Crippen molar-refractivity contribution in [3.63, 3.8) is 0 Å². The largest absolute Gasteiger partial charge is 0.447 e. The Kier molecular flexibility index (Phi) is 10.0. The number of likely N-dealkylation sites (N-methyl/N-ethyl adjacent to an activating group) is 1. The van der Waals surface area contributed by atoms with E-state index in [1.54, 1.807) is 24.3 Å². The minimum absolute atomic E-state index is 0.0267. The number of aromatic nitrogens is 1. The number of nitrogens with one attached hydrogen (secondary N) is 2. The third-order valence-corrected chi connectivity index (χ3v) is 7.28. The zero-order valence-electron chi connectivity index (χ0n) is 23.2. The van der Waals surface area contributed by atoms with Crippen LogP contribution in [0.3, 0.4) is 0 Å². The summed E-state index contributed by atoms with van der Waals surface area (Å²) in [6.45, 7) is -0.444. The zero-order chi connectivity index (χ0) is 32.0. The Labute approximate surface area is 253 Å². The number of ether oxygens (including phenoxy) is 1. The van der Waals surface area contributed by atoms with Gasteiger partial charge in [-0.2, -0.15) is 13.2 Å². The highest BCUT2D eigenvalue weighted by Crippen LogP contribution is 2.29. The number of nitrogens with zero attached hydrogens (tertiary/aromatic N) is 3. The molecule has 3 aromatic rings. The Hall–Kier alpha value is -4.72. The molecule has 0 radical (unpaired) electrons. The van der Waals surface area contributed by atoms with Gasteiger partial charge in [0.1, 0.15) is 18.2 Å². The molecule has 1 aromatic heterocycles. The Morgan fingerprint density at radius 3 is 2.34 bits per heavy atom. The lowest BCUT2D eigenvalue weighted by molar-refractivity contribution is -0.137. The van der Waals surface area contributed by atoms with Crippen LogP contribution < -0.4 is 10.6 Å². The number of hydrogen-bond donors (Lipinski definition) is 2. The van der Waals surface area contributed by atoms with E-state index in [0.29, 0.717) is 22.9 Å². The molecule has 0 bridgehead atoms. The molecule has 1 aliphatic heterocycles. The highest BCUT2D eigenvalue weighted by atomic mass is 35.5. The van der Waals surface area contributed by atoms with Crippen LogP contribution in [0.15, 0.2) is 60.8 Å². The van der Waals surface area contributed by atoms with Crippen molar-refractivity contribution >= 4 is 41.4 Å². The molecule has 2 heterocycles. The van der Waals surface area contributed by atoms with Crippen LogP contribution in [0.5, 0.6) is 0 Å². The molecule has 0 aliphatic carbocycles. The number of fused-ring (bicyclic) bond motifs is 1. The van der Waals surface area contributed by atoms with Crippen molar-refractivity contribution < 1.29 is 41.5 Å². The zero-order valence-corrected chi connectivity index (χ0v) is 23.9. The Morgan fingerprint density at radius 2 is 1.73 bits per heavy atom. The van der Waals surface area contributed by atoms with Gasteiger partial charge in [0, 0.05) is 26.3 Å². The summed E-state index contributed by atoms with van der Waals surface area (Å²) in [5.41, 5.74) is -0.0890. The summed E-state index contributed by atoms with van der Waals surface area (Å²) in [5.74, 6) is -1.73. The monoisotopic (exact) mass is 635 g/mol. The Balaban J connectivity index is 1.39. The molecule has 15 heteroatoms. The van der Waals surface area contributed by atoms with Crippen LogP contribution >= 0.6 is 11.6 Å². The van der Waals surface area contributed by atoms with Crippen molar-refractivity contribution in [1.82, 2.24) is 20.1 Å². The smallest absolute Gasteiger partial charge is 0.417 e. The fourth-order valence-electron chi connectivity index (χ4n) is 4.41. The highest BCUT2D eigenvalue weighted by molar-refractivity contribution is 6.31. The average molecular weight is 636 g/mol. The molecule has 0 saturated heterocycles. The number of carbonyl (C=O) groups is 4. The Morgan fingerprint density at radius 1 is 1.05 bits per heavy atom. The first-order valence-electron chi connectivity index (χ1n) is 13.2. The molecule has 0 saturated carbocycles. The van der Waals surface area contributed by atoms with Crippen LogP contribution in [0.4, 0.5) is 33.0 Å². The van der Waals surface area contributed by atoms with Gasteiger partial charge in [-0.1, -0.05) is 35.9 Å². The minimum Gasteiger partial charge on any atom is -0.447 e. The molecule has 0 fully saturated rings. The molecule has 232 valence electrons. The maximum atomic E-state index is 13.8. The molecule has 10 nitrogen and oxygen atoms in total. The fourth-order valence-corrected chi connectivity index (χ4v) is 4.60. The van der Waals surface area contributed by atoms with Gasteiger partial charge in [0.05, 0.1) is 27.8 Å². The second-order valence-electron chi connectivity index (χ2n) is 9.74. The van der Waals surface area contributed by atoms with Crippen molar-refractivity contribution in [2.24, 2.45) is 0 Å². The maximum absolute atomic E-state index is 13.8. The van der Waals surface area contributed by atoms with E-state index in [0.717, 1.165) is 17.0 Å². The van der Waals surface area contributed by atoms with Crippen LogP contribution in [0.25, 0.3) is 0 Å². The predicted molar refractivity (Wildman–Crippen MR) is 150 cm³/mol. The number of imide groups is 1. The first-order chi connectivity index (χ1) is 20.9. The molecular formula is C29H26ClF4N5O5. The summed E-state index contributed by atoms with van der Waals surface area (Å²) in [6.07, 6.45) is -4.68. The highest BCUT2D eigenvalue weighted by Gasteiger charge is 2.35. The minimum atomic E-state index is -4.60. The van der Waals surface area contributed by atoms with E-state index in [4.69, 9.17) is 16.3 Å². The maximum Gasteiger partial charge on any atom is 0.417 e. The number of benzene rings is 2. The number of halogens is 5. The van der Waals surface area contributed by atoms with E-state index in [1.807, 2.05) is 0 Å². The second kappa shape index (κ2) is 13.7. The first-order valence-corrected chi connectivity index (χ1v) is 13.6. The molecule has 2 aromatic carbocycles. The van der Waals surface area contributed by atoms with Gasteiger partial charge in [0.25, 0.3) is 11.8 Å². The first kappa shape index (κ1) is 32.2. The molecule has 4 rings (SSSR count). The summed E-state index contributed by atoms with van der Waals surface area (Å²) in [7, 11) is 1.42. The Bertz CT molecular complexity index is 1520. The molecule has 0 unspecified atom stereocenters. The van der Waals surface area contributed by atoms with Gasteiger partial charge in [-0.05, 0) is 48.7 Å². The number of hydrogen-bond acceptors (Lipinski definition) is 6. The quantitative estimate of drug-likeness (QED) is 0.217. The number of amides is 5. The van der Waals surface area contributed by atoms with E-state index in [-0.39, 0.29) is 43.4 Å². The molecule has 2 N–H and O–H groups in total. The molecule has 0 spiro atoms. The van der Waals surface area contributed by atoms with Gasteiger partial charge in [-0.25, -0.2) is 19.0 Å². The van der Waals surface area contributed by atoms with Crippen molar-refractivity contribution in [2.45, 2.75) is 31.6 Å². The number of urea groups is 1. The number of anilines is 1. The SMILES string of the molecule is CN(C(=O)NCc1cccc(F)c1Cl)[C@H](CCCN1C(=O)c2ccccc2C1=O)COC(=O)Nc1ccc(C(F)(F)F)cn1. The van der Waals surface area contributed by atoms with Gasteiger partial charge in [0.2, 0.25) is 0 Å². The van der Waals surface area contributed by atoms with Gasteiger partial charge in [-0.15, -0.1) is 0 Å². The fraction of sp³-hybridized carbons (Fsp3) is 0.276. The predicted octanol–water partition coefficient (Wildman–Crippen LogP) is 5.73. The van der Waals surface area contributed by atoms with Gasteiger partial charge < -0.3 is 15.0 Å². The third kappa shape index (κ3) is 7.61. The standard InChI is InChI=1S/C29H26ClF4N5O5/c1-38(27(42)36-14-17-6-4-10-22(31)24(17)30)19(7-5-13-39-25(40)20-8-2-3-9-21(20)26(39)41)16-44-28(43)37-23-12-11-18(15-35-23)29(32,33)34/h2-4,6,8-12,15,19H,5,7,13-14,16H2,1H3,(H,36,42)(H,35,37,43)/t19-/m1/s1. The normalized spacial score (nSPS) is 13.4. The van der Waals surface area contributed by atoms with Crippen molar-refractivity contribution in [3.8, 4) is 0 Å². The van der Waals surface area contributed by atoms with Gasteiger partial charge >= 0.3 is 18.3 Å². The summed E-state index contributed by atoms with van der Waals surface area (Å²) in [5, 5.41) is 4.68. The lowest BCUT2D eigenvalue weighted by Gasteiger charge is -2.28. The van der Waals surface area contributed by atoms with E-state index in [9.17, 15) is 36.7 Å². The molecule has 5 amide bonds. The lowest BCUT2D eigenvalue weighted by Crippen LogP contribution is -2.46. The number of carbonyl (C=O) groups excluding carboxylic acids is 4. The summed E-state index contributed by atoms with van der Waals surface area (Å²) in [4.78, 5) is 56.7. The van der Waals surface area contributed by atoms with Crippen LogP contribution in [0.1, 0.15) is 44.7 Å². The van der Waals surface area contributed by atoms with Crippen LogP contribution in [-0.2, 0) is 17.5 Å².